The van der Waals surface area contributed by atoms with E-state index in [0.29, 0.717) is 22.4 Å². The molecule has 0 radical (unpaired) electrons. The molecule has 0 amide bonds. The van der Waals surface area contributed by atoms with Gasteiger partial charge in [-0.2, -0.15) is 10.2 Å². The molecule has 1 aromatic heterocycles. The van der Waals surface area contributed by atoms with E-state index in [4.69, 9.17) is 16.9 Å². The van der Waals surface area contributed by atoms with Crippen LogP contribution < -0.4 is 10.6 Å². The SMILES string of the molecule is Cc1cc(Nc2cc(Cl)ccc2C)nc(Nc2ccc(C#N)cc2)n1. The van der Waals surface area contributed by atoms with Crippen molar-refractivity contribution in [1.29, 1.82) is 5.26 Å². The summed E-state index contributed by atoms with van der Waals surface area (Å²) in [5.74, 6) is 1.15. The first-order chi connectivity index (χ1) is 12.0. The van der Waals surface area contributed by atoms with E-state index in [-0.39, 0.29) is 0 Å². The number of benzene rings is 2. The highest BCUT2D eigenvalue weighted by molar-refractivity contribution is 6.30. The van der Waals surface area contributed by atoms with E-state index < -0.39 is 0 Å². The molecule has 0 fully saturated rings. The minimum Gasteiger partial charge on any atom is -0.340 e. The fourth-order valence-electron chi connectivity index (χ4n) is 2.31. The number of hydrogen-bond donors (Lipinski definition) is 2. The second-order valence-electron chi connectivity index (χ2n) is 5.62. The summed E-state index contributed by atoms with van der Waals surface area (Å²) in [5, 5.41) is 16.0. The van der Waals surface area contributed by atoms with Crippen molar-refractivity contribution < 1.29 is 0 Å². The summed E-state index contributed by atoms with van der Waals surface area (Å²) in [7, 11) is 0. The van der Waals surface area contributed by atoms with Crippen molar-refractivity contribution in [2.45, 2.75) is 13.8 Å². The van der Waals surface area contributed by atoms with Gasteiger partial charge in [0, 0.05) is 28.2 Å². The summed E-state index contributed by atoms with van der Waals surface area (Å²) in [6.45, 7) is 3.91. The molecule has 0 bridgehead atoms. The number of nitrogens with zero attached hydrogens (tertiary/aromatic N) is 3. The van der Waals surface area contributed by atoms with Crippen LogP contribution in [0.4, 0.5) is 23.1 Å². The van der Waals surface area contributed by atoms with Gasteiger partial charge in [-0.1, -0.05) is 17.7 Å². The second-order valence-corrected chi connectivity index (χ2v) is 6.05. The largest absolute Gasteiger partial charge is 0.340 e. The third kappa shape index (κ3) is 4.25. The average molecular weight is 350 g/mol. The Hall–Kier alpha value is -3.10. The highest BCUT2D eigenvalue weighted by Crippen LogP contribution is 2.24. The zero-order valence-electron chi connectivity index (χ0n) is 13.8. The van der Waals surface area contributed by atoms with Crippen molar-refractivity contribution in [3.05, 3.63) is 70.4 Å². The van der Waals surface area contributed by atoms with Gasteiger partial charge in [0.1, 0.15) is 5.82 Å². The van der Waals surface area contributed by atoms with Gasteiger partial charge in [-0.15, -0.1) is 0 Å². The zero-order valence-corrected chi connectivity index (χ0v) is 14.6. The van der Waals surface area contributed by atoms with E-state index in [1.54, 1.807) is 12.1 Å². The first-order valence-corrected chi connectivity index (χ1v) is 8.07. The van der Waals surface area contributed by atoms with Gasteiger partial charge in [-0.25, -0.2) is 4.98 Å². The predicted molar refractivity (Wildman–Crippen MR) is 101 cm³/mol. The molecule has 2 N–H and O–H groups in total. The maximum atomic E-state index is 8.86. The lowest BCUT2D eigenvalue weighted by Crippen LogP contribution is -2.03. The molecule has 0 unspecified atom stereocenters. The average Bonchev–Trinajstić information content (AvgIpc) is 2.58. The van der Waals surface area contributed by atoms with Crippen molar-refractivity contribution in [2.75, 3.05) is 10.6 Å². The molecular formula is C19H16ClN5. The van der Waals surface area contributed by atoms with E-state index in [1.807, 2.05) is 50.2 Å². The van der Waals surface area contributed by atoms with Gasteiger partial charge in [0.15, 0.2) is 0 Å². The maximum Gasteiger partial charge on any atom is 0.229 e. The third-order valence-corrected chi connectivity index (χ3v) is 3.82. The summed E-state index contributed by atoms with van der Waals surface area (Å²) in [5.41, 5.74) is 4.22. The zero-order chi connectivity index (χ0) is 17.8. The fourth-order valence-corrected chi connectivity index (χ4v) is 2.48. The number of aromatic nitrogens is 2. The number of nitriles is 1. The lowest BCUT2D eigenvalue weighted by molar-refractivity contribution is 1.11. The van der Waals surface area contributed by atoms with Crippen molar-refractivity contribution in [2.24, 2.45) is 0 Å². The molecule has 5 nitrogen and oxygen atoms in total. The number of rotatable bonds is 4. The molecule has 0 atom stereocenters. The van der Waals surface area contributed by atoms with Gasteiger partial charge in [0.25, 0.3) is 0 Å². The molecule has 6 heteroatoms. The maximum absolute atomic E-state index is 8.86. The van der Waals surface area contributed by atoms with Crippen LogP contribution in [0.3, 0.4) is 0 Å². The topological polar surface area (TPSA) is 73.6 Å². The van der Waals surface area contributed by atoms with Crippen molar-refractivity contribution in [1.82, 2.24) is 9.97 Å². The van der Waals surface area contributed by atoms with Gasteiger partial charge in [0.2, 0.25) is 5.95 Å². The molecule has 3 aromatic rings. The fraction of sp³-hybridized carbons (Fsp3) is 0.105. The molecule has 25 heavy (non-hydrogen) atoms. The normalized spacial score (nSPS) is 10.2. The Morgan fingerprint density at radius 2 is 1.72 bits per heavy atom. The molecule has 0 aliphatic rings. The van der Waals surface area contributed by atoms with Gasteiger partial charge < -0.3 is 10.6 Å². The molecule has 0 spiro atoms. The second kappa shape index (κ2) is 7.20. The van der Waals surface area contributed by atoms with Gasteiger partial charge in [-0.05, 0) is 55.8 Å². The Labute approximate surface area is 151 Å². The first kappa shape index (κ1) is 16.7. The standard InChI is InChI=1S/C19H16ClN5/c1-12-3-6-15(20)10-17(12)24-18-9-13(2)22-19(25-18)23-16-7-4-14(11-21)5-8-16/h3-10H,1-2H3,(H2,22,23,24,25). The minimum atomic E-state index is 0.479. The van der Waals surface area contributed by atoms with E-state index in [1.165, 1.54) is 0 Å². The van der Waals surface area contributed by atoms with Crippen molar-refractivity contribution in [3.8, 4) is 6.07 Å². The number of nitrogens with one attached hydrogen (secondary N) is 2. The van der Waals surface area contributed by atoms with Crippen molar-refractivity contribution >= 4 is 34.7 Å². The van der Waals surface area contributed by atoms with Crippen molar-refractivity contribution in [3.63, 3.8) is 0 Å². The molecule has 0 saturated carbocycles. The Balaban J connectivity index is 1.84. The van der Waals surface area contributed by atoms with E-state index in [0.717, 1.165) is 22.6 Å². The van der Waals surface area contributed by atoms with Crippen LogP contribution in [0, 0.1) is 25.2 Å². The molecule has 0 aliphatic heterocycles. The number of anilines is 4. The Kier molecular flexibility index (Phi) is 4.82. The molecule has 0 saturated heterocycles. The number of aryl methyl sites for hydroxylation is 2. The molecule has 2 aromatic carbocycles. The van der Waals surface area contributed by atoms with Crippen LogP contribution in [0.5, 0.6) is 0 Å². The molecular weight excluding hydrogens is 334 g/mol. The Morgan fingerprint density at radius 3 is 2.44 bits per heavy atom. The Bertz CT molecular complexity index is 945. The summed E-state index contributed by atoms with van der Waals surface area (Å²) < 4.78 is 0. The molecule has 0 aliphatic carbocycles. The summed E-state index contributed by atoms with van der Waals surface area (Å²) in [6, 6.07) is 16.7. The number of hydrogen-bond acceptors (Lipinski definition) is 5. The van der Waals surface area contributed by atoms with Crippen LogP contribution in [-0.4, -0.2) is 9.97 Å². The van der Waals surface area contributed by atoms with Crippen LogP contribution in [0.15, 0.2) is 48.5 Å². The molecule has 1 heterocycles. The quantitative estimate of drug-likeness (QED) is 0.685. The smallest absolute Gasteiger partial charge is 0.229 e. The van der Waals surface area contributed by atoms with E-state index >= 15 is 0 Å². The van der Waals surface area contributed by atoms with E-state index in [9.17, 15) is 0 Å². The van der Waals surface area contributed by atoms with Crippen LogP contribution in [0.25, 0.3) is 0 Å². The summed E-state index contributed by atoms with van der Waals surface area (Å²) >= 11 is 6.07. The highest BCUT2D eigenvalue weighted by Gasteiger charge is 2.06. The van der Waals surface area contributed by atoms with E-state index in [2.05, 4.69) is 26.7 Å². The molecule has 3 rings (SSSR count). The lowest BCUT2D eigenvalue weighted by Gasteiger charge is -2.12. The predicted octanol–water partition coefficient (Wildman–Crippen LogP) is 5.11. The lowest BCUT2D eigenvalue weighted by atomic mass is 10.2. The van der Waals surface area contributed by atoms with Gasteiger partial charge >= 0.3 is 0 Å². The summed E-state index contributed by atoms with van der Waals surface area (Å²) in [6.07, 6.45) is 0. The van der Waals surface area contributed by atoms with Gasteiger partial charge in [-0.3, -0.25) is 0 Å². The third-order valence-electron chi connectivity index (χ3n) is 3.59. The Morgan fingerprint density at radius 1 is 0.960 bits per heavy atom. The van der Waals surface area contributed by atoms with Crippen LogP contribution in [0.1, 0.15) is 16.8 Å². The highest BCUT2D eigenvalue weighted by atomic mass is 35.5. The number of halogens is 1. The van der Waals surface area contributed by atoms with Gasteiger partial charge in [0.05, 0.1) is 11.6 Å². The minimum absolute atomic E-state index is 0.479. The molecule has 124 valence electrons. The van der Waals surface area contributed by atoms with Crippen LogP contribution in [-0.2, 0) is 0 Å². The van der Waals surface area contributed by atoms with Crippen LogP contribution >= 0.6 is 11.6 Å². The monoisotopic (exact) mass is 349 g/mol. The summed E-state index contributed by atoms with van der Waals surface area (Å²) in [4.78, 5) is 8.90. The first-order valence-electron chi connectivity index (χ1n) is 7.69. The van der Waals surface area contributed by atoms with Crippen LogP contribution in [0.2, 0.25) is 5.02 Å².